The molecule has 1 N–H and O–H groups in total. The summed E-state index contributed by atoms with van der Waals surface area (Å²) in [4.78, 5) is 20.1. The van der Waals surface area contributed by atoms with Gasteiger partial charge in [-0.15, -0.1) is 0 Å². The molecular weight excluding hydrogens is 228 g/mol. The quantitative estimate of drug-likeness (QED) is 0.882. The van der Waals surface area contributed by atoms with Gasteiger partial charge >= 0.3 is 0 Å². The van der Waals surface area contributed by atoms with Crippen molar-refractivity contribution in [2.24, 2.45) is 7.05 Å². The molecule has 0 saturated heterocycles. The van der Waals surface area contributed by atoms with Gasteiger partial charge in [0.15, 0.2) is 5.82 Å². The Bertz CT molecular complexity index is 592. The maximum atomic E-state index is 11.8. The molecule has 0 unspecified atom stereocenters. The van der Waals surface area contributed by atoms with E-state index in [2.05, 4.69) is 22.2 Å². The van der Waals surface area contributed by atoms with E-state index < -0.39 is 0 Å². The standard InChI is InChI=1S/C13H16N4O/c1-3-10-5-4-6-14-11(10)9-16-12-13(18)17(2)8-7-15-12/h4-8H,3,9H2,1-2H3,(H,15,16). The topological polar surface area (TPSA) is 59.8 Å². The molecule has 0 saturated carbocycles. The second kappa shape index (κ2) is 5.44. The Morgan fingerprint density at radius 2 is 2.17 bits per heavy atom. The smallest absolute Gasteiger partial charge is 0.293 e. The van der Waals surface area contributed by atoms with Crippen molar-refractivity contribution in [1.29, 1.82) is 0 Å². The lowest BCUT2D eigenvalue weighted by atomic mass is 10.1. The van der Waals surface area contributed by atoms with Crippen LogP contribution >= 0.6 is 0 Å². The van der Waals surface area contributed by atoms with Crippen molar-refractivity contribution in [3.05, 3.63) is 52.3 Å². The van der Waals surface area contributed by atoms with Crippen LogP contribution in [0.1, 0.15) is 18.2 Å². The number of rotatable bonds is 4. The third kappa shape index (κ3) is 2.56. The number of hydrogen-bond acceptors (Lipinski definition) is 4. The van der Waals surface area contributed by atoms with Crippen molar-refractivity contribution >= 4 is 5.82 Å². The second-order valence-corrected chi connectivity index (χ2v) is 4.01. The lowest BCUT2D eigenvalue weighted by Gasteiger charge is -2.08. The molecule has 0 aromatic carbocycles. The fraction of sp³-hybridized carbons (Fsp3) is 0.308. The summed E-state index contributed by atoms with van der Waals surface area (Å²) in [7, 11) is 1.70. The zero-order valence-corrected chi connectivity index (χ0v) is 10.6. The molecule has 0 aliphatic rings. The second-order valence-electron chi connectivity index (χ2n) is 4.01. The van der Waals surface area contributed by atoms with Gasteiger partial charge in [0.2, 0.25) is 0 Å². The molecule has 0 fully saturated rings. The van der Waals surface area contributed by atoms with E-state index in [0.29, 0.717) is 12.4 Å². The molecule has 5 heteroatoms. The molecule has 0 aliphatic carbocycles. The van der Waals surface area contributed by atoms with Crippen LogP contribution in [-0.4, -0.2) is 14.5 Å². The fourth-order valence-corrected chi connectivity index (χ4v) is 1.74. The lowest BCUT2D eigenvalue weighted by Crippen LogP contribution is -2.22. The first kappa shape index (κ1) is 12.3. The Morgan fingerprint density at radius 1 is 1.33 bits per heavy atom. The lowest BCUT2D eigenvalue weighted by molar-refractivity contribution is 0.836. The van der Waals surface area contributed by atoms with Crippen molar-refractivity contribution in [1.82, 2.24) is 14.5 Å². The van der Waals surface area contributed by atoms with Gasteiger partial charge in [-0.3, -0.25) is 9.78 Å². The Hall–Kier alpha value is -2.17. The number of pyridine rings is 1. The molecule has 0 amide bonds. The molecule has 0 spiro atoms. The summed E-state index contributed by atoms with van der Waals surface area (Å²) in [6.45, 7) is 2.59. The zero-order chi connectivity index (χ0) is 13.0. The van der Waals surface area contributed by atoms with Crippen molar-refractivity contribution in [2.75, 3.05) is 5.32 Å². The van der Waals surface area contributed by atoms with Crippen molar-refractivity contribution < 1.29 is 0 Å². The molecule has 0 radical (unpaired) electrons. The highest BCUT2D eigenvalue weighted by atomic mass is 16.1. The van der Waals surface area contributed by atoms with Crippen LogP contribution in [0, 0.1) is 0 Å². The van der Waals surface area contributed by atoms with Gasteiger partial charge in [0, 0.05) is 25.6 Å². The van der Waals surface area contributed by atoms with Gasteiger partial charge in [-0.1, -0.05) is 13.0 Å². The van der Waals surface area contributed by atoms with Crippen molar-refractivity contribution in [2.45, 2.75) is 19.9 Å². The van der Waals surface area contributed by atoms with E-state index in [-0.39, 0.29) is 5.56 Å². The maximum Gasteiger partial charge on any atom is 0.293 e. The summed E-state index contributed by atoms with van der Waals surface area (Å²) in [5, 5.41) is 3.04. The van der Waals surface area contributed by atoms with Gasteiger partial charge < -0.3 is 9.88 Å². The number of aryl methyl sites for hydroxylation is 2. The van der Waals surface area contributed by atoms with Gasteiger partial charge in [0.25, 0.3) is 5.56 Å². The summed E-state index contributed by atoms with van der Waals surface area (Å²) >= 11 is 0. The summed E-state index contributed by atoms with van der Waals surface area (Å²) in [5.74, 6) is 0.354. The number of nitrogens with zero attached hydrogens (tertiary/aromatic N) is 3. The Morgan fingerprint density at radius 3 is 2.94 bits per heavy atom. The maximum absolute atomic E-state index is 11.8. The minimum Gasteiger partial charge on any atom is -0.360 e. The van der Waals surface area contributed by atoms with Crippen molar-refractivity contribution in [3.63, 3.8) is 0 Å². The van der Waals surface area contributed by atoms with Crippen LogP contribution in [0.15, 0.2) is 35.5 Å². The molecule has 2 aromatic rings. The fourth-order valence-electron chi connectivity index (χ4n) is 1.74. The summed E-state index contributed by atoms with van der Waals surface area (Å²) in [5.41, 5.74) is 2.00. The molecule has 0 bridgehead atoms. The first-order valence-corrected chi connectivity index (χ1v) is 5.90. The predicted octanol–water partition coefficient (Wildman–Crippen LogP) is 1.35. The van der Waals surface area contributed by atoms with E-state index in [4.69, 9.17) is 0 Å². The minimum atomic E-state index is -0.133. The van der Waals surface area contributed by atoms with Gasteiger partial charge in [0.05, 0.1) is 12.2 Å². The number of anilines is 1. The molecule has 94 valence electrons. The van der Waals surface area contributed by atoms with E-state index in [0.717, 1.165) is 12.1 Å². The first-order chi connectivity index (χ1) is 8.72. The van der Waals surface area contributed by atoms with E-state index in [1.807, 2.05) is 12.1 Å². The normalized spacial score (nSPS) is 10.3. The van der Waals surface area contributed by atoms with Crippen LogP contribution in [0.25, 0.3) is 0 Å². The van der Waals surface area contributed by atoms with Crippen LogP contribution in [0.3, 0.4) is 0 Å². The van der Waals surface area contributed by atoms with Crippen molar-refractivity contribution in [3.8, 4) is 0 Å². The van der Waals surface area contributed by atoms with E-state index >= 15 is 0 Å². The molecule has 18 heavy (non-hydrogen) atoms. The van der Waals surface area contributed by atoms with Gasteiger partial charge in [-0.25, -0.2) is 4.98 Å². The highest BCUT2D eigenvalue weighted by Gasteiger charge is 2.05. The first-order valence-electron chi connectivity index (χ1n) is 5.90. The number of hydrogen-bond donors (Lipinski definition) is 1. The van der Waals surface area contributed by atoms with Crippen LogP contribution in [-0.2, 0) is 20.0 Å². The third-order valence-corrected chi connectivity index (χ3v) is 2.81. The molecule has 0 aliphatic heterocycles. The van der Waals surface area contributed by atoms with E-state index in [1.54, 1.807) is 25.6 Å². The summed E-state index contributed by atoms with van der Waals surface area (Å²) in [6, 6.07) is 3.96. The summed E-state index contributed by atoms with van der Waals surface area (Å²) in [6.07, 6.45) is 5.91. The largest absolute Gasteiger partial charge is 0.360 e. The molecule has 2 rings (SSSR count). The predicted molar refractivity (Wildman–Crippen MR) is 70.4 cm³/mol. The number of aromatic nitrogens is 3. The molecule has 2 aromatic heterocycles. The highest BCUT2D eigenvalue weighted by molar-refractivity contribution is 5.33. The zero-order valence-electron chi connectivity index (χ0n) is 10.6. The highest BCUT2D eigenvalue weighted by Crippen LogP contribution is 2.07. The average Bonchev–Trinajstić information content (AvgIpc) is 2.41. The van der Waals surface area contributed by atoms with Gasteiger partial charge in [-0.2, -0.15) is 0 Å². The van der Waals surface area contributed by atoms with E-state index in [1.165, 1.54) is 10.1 Å². The summed E-state index contributed by atoms with van der Waals surface area (Å²) < 4.78 is 1.49. The minimum absolute atomic E-state index is 0.133. The monoisotopic (exact) mass is 244 g/mol. The Balaban J connectivity index is 2.17. The average molecular weight is 244 g/mol. The van der Waals surface area contributed by atoms with Gasteiger partial charge in [-0.05, 0) is 18.1 Å². The Kier molecular flexibility index (Phi) is 3.72. The molecular formula is C13H16N4O. The van der Waals surface area contributed by atoms with Crippen LogP contribution in [0.4, 0.5) is 5.82 Å². The van der Waals surface area contributed by atoms with Crippen LogP contribution in [0.2, 0.25) is 0 Å². The van der Waals surface area contributed by atoms with Crippen LogP contribution in [0.5, 0.6) is 0 Å². The van der Waals surface area contributed by atoms with Gasteiger partial charge in [0.1, 0.15) is 0 Å². The molecule has 5 nitrogen and oxygen atoms in total. The molecule has 2 heterocycles. The Labute approximate surface area is 106 Å². The third-order valence-electron chi connectivity index (χ3n) is 2.81. The van der Waals surface area contributed by atoms with E-state index in [9.17, 15) is 4.79 Å². The van der Waals surface area contributed by atoms with Crippen LogP contribution < -0.4 is 10.9 Å². The SMILES string of the molecule is CCc1cccnc1CNc1nccn(C)c1=O. The number of nitrogens with one attached hydrogen (secondary N) is 1. The molecule has 0 atom stereocenters.